The molecule has 0 fully saturated rings. The average molecular weight is 204 g/mol. The Bertz CT molecular complexity index is 401. The van der Waals surface area contributed by atoms with Crippen LogP contribution in [0.5, 0.6) is 0 Å². The van der Waals surface area contributed by atoms with Gasteiger partial charge in [0.15, 0.2) is 5.71 Å². The van der Waals surface area contributed by atoms with Crippen LogP contribution in [-0.2, 0) is 4.79 Å². The Kier molecular flexibility index (Phi) is 2.39. The van der Waals surface area contributed by atoms with Crippen molar-refractivity contribution in [2.75, 3.05) is 0 Å². The monoisotopic (exact) mass is 204 g/mol. The van der Waals surface area contributed by atoms with E-state index < -0.39 is 0 Å². The van der Waals surface area contributed by atoms with E-state index in [-0.39, 0.29) is 12.1 Å². The fourth-order valence-corrected chi connectivity index (χ4v) is 1.35. The van der Waals surface area contributed by atoms with E-state index in [0.717, 1.165) is 10.6 Å². The number of carbonyl (C=O) groups excluding carboxylic acids is 1. The molecule has 0 spiro atoms. The van der Waals surface area contributed by atoms with Crippen molar-refractivity contribution in [1.29, 1.82) is 0 Å². The molecule has 3 N–H and O–H groups in total. The van der Waals surface area contributed by atoms with Gasteiger partial charge in [0.1, 0.15) is 6.17 Å². The van der Waals surface area contributed by atoms with Crippen LogP contribution in [0.25, 0.3) is 0 Å². The van der Waals surface area contributed by atoms with Gasteiger partial charge in [0.05, 0.1) is 0 Å². The van der Waals surface area contributed by atoms with Gasteiger partial charge in [0.2, 0.25) is 0 Å². The maximum atomic E-state index is 11.8. The smallest absolute Gasteiger partial charge is 0.286 e. The van der Waals surface area contributed by atoms with Crippen LogP contribution >= 0.6 is 0 Å². The Balaban J connectivity index is 2.35. The molecule has 5 heteroatoms. The van der Waals surface area contributed by atoms with E-state index in [1.54, 1.807) is 6.92 Å². The standard InChI is InChI=1S/C10H12N4O/c1-7-12-13-9(10(15)14(7)11)8-5-3-2-4-6-8/h2-7,12H,11H2,1H3. The summed E-state index contributed by atoms with van der Waals surface area (Å²) < 4.78 is 0. The first kappa shape index (κ1) is 9.67. The van der Waals surface area contributed by atoms with Crippen LogP contribution in [0.15, 0.2) is 35.4 Å². The summed E-state index contributed by atoms with van der Waals surface area (Å²) in [6.45, 7) is 1.77. The molecule has 1 unspecified atom stereocenters. The zero-order valence-electron chi connectivity index (χ0n) is 8.34. The number of amides is 1. The van der Waals surface area contributed by atoms with E-state index in [1.807, 2.05) is 30.3 Å². The second-order valence-corrected chi connectivity index (χ2v) is 3.34. The largest absolute Gasteiger partial charge is 0.290 e. The molecule has 78 valence electrons. The van der Waals surface area contributed by atoms with Crippen LogP contribution in [0.3, 0.4) is 0 Å². The second-order valence-electron chi connectivity index (χ2n) is 3.34. The van der Waals surface area contributed by atoms with Crippen molar-refractivity contribution in [3.8, 4) is 0 Å². The third kappa shape index (κ3) is 1.69. The third-order valence-corrected chi connectivity index (χ3v) is 2.26. The van der Waals surface area contributed by atoms with E-state index >= 15 is 0 Å². The summed E-state index contributed by atoms with van der Waals surface area (Å²) in [5.41, 5.74) is 3.88. The Morgan fingerprint density at radius 1 is 1.40 bits per heavy atom. The Morgan fingerprint density at radius 2 is 2.07 bits per heavy atom. The summed E-state index contributed by atoms with van der Waals surface area (Å²) >= 11 is 0. The molecule has 1 amide bonds. The highest BCUT2D eigenvalue weighted by Gasteiger charge is 2.26. The summed E-state index contributed by atoms with van der Waals surface area (Å²) in [5.74, 6) is 5.32. The fraction of sp³-hybridized carbons (Fsp3) is 0.200. The van der Waals surface area contributed by atoms with E-state index in [1.165, 1.54) is 0 Å². The first-order chi connectivity index (χ1) is 7.20. The van der Waals surface area contributed by atoms with Gasteiger partial charge in [0, 0.05) is 5.56 Å². The lowest BCUT2D eigenvalue weighted by Crippen LogP contribution is -2.56. The average Bonchev–Trinajstić information content (AvgIpc) is 2.27. The normalized spacial score (nSPS) is 20.9. The van der Waals surface area contributed by atoms with Crippen molar-refractivity contribution >= 4 is 11.6 Å². The Morgan fingerprint density at radius 3 is 2.73 bits per heavy atom. The maximum absolute atomic E-state index is 11.8. The van der Waals surface area contributed by atoms with Crippen LogP contribution in [0.1, 0.15) is 12.5 Å². The number of nitrogens with two attached hydrogens (primary N) is 1. The van der Waals surface area contributed by atoms with Gasteiger partial charge in [-0.05, 0) is 6.92 Å². The molecule has 0 aliphatic carbocycles. The van der Waals surface area contributed by atoms with Crippen molar-refractivity contribution in [2.45, 2.75) is 13.1 Å². The van der Waals surface area contributed by atoms with Gasteiger partial charge in [-0.3, -0.25) is 15.2 Å². The van der Waals surface area contributed by atoms with Gasteiger partial charge in [0.25, 0.3) is 5.91 Å². The Labute approximate surface area is 87.5 Å². The van der Waals surface area contributed by atoms with Crippen molar-refractivity contribution < 1.29 is 4.79 Å². The molecule has 5 nitrogen and oxygen atoms in total. The van der Waals surface area contributed by atoms with Gasteiger partial charge in [-0.1, -0.05) is 30.3 Å². The molecule has 1 atom stereocenters. The minimum absolute atomic E-state index is 0.271. The number of hydrogen-bond acceptors (Lipinski definition) is 4. The topological polar surface area (TPSA) is 70.7 Å². The van der Waals surface area contributed by atoms with Crippen molar-refractivity contribution in [3.05, 3.63) is 35.9 Å². The lowest BCUT2D eigenvalue weighted by atomic mass is 10.1. The molecule has 0 saturated carbocycles. The summed E-state index contributed by atoms with van der Waals surface area (Å²) in [6, 6.07) is 9.23. The number of nitrogens with zero attached hydrogens (tertiary/aromatic N) is 2. The molecule has 1 heterocycles. The van der Waals surface area contributed by atoms with E-state index in [2.05, 4.69) is 10.5 Å². The molecular weight excluding hydrogens is 192 g/mol. The van der Waals surface area contributed by atoms with Gasteiger partial charge in [-0.2, -0.15) is 5.10 Å². The molecule has 0 aromatic heterocycles. The van der Waals surface area contributed by atoms with Gasteiger partial charge >= 0.3 is 0 Å². The van der Waals surface area contributed by atoms with Crippen LogP contribution in [0, 0.1) is 0 Å². The molecule has 15 heavy (non-hydrogen) atoms. The SMILES string of the molecule is CC1NN=C(c2ccccc2)C(=O)N1N. The van der Waals surface area contributed by atoms with E-state index in [0.29, 0.717) is 5.71 Å². The van der Waals surface area contributed by atoms with E-state index in [4.69, 9.17) is 5.84 Å². The molecule has 1 aromatic carbocycles. The predicted octanol–water partition coefficient (Wildman–Crippen LogP) is 0.0422. The number of hydrazine groups is 1. The van der Waals surface area contributed by atoms with Gasteiger partial charge < -0.3 is 0 Å². The van der Waals surface area contributed by atoms with Crippen LogP contribution in [-0.4, -0.2) is 22.8 Å². The lowest BCUT2D eigenvalue weighted by Gasteiger charge is -2.28. The molecule has 0 saturated heterocycles. The molecule has 2 rings (SSSR count). The summed E-state index contributed by atoms with van der Waals surface area (Å²) in [5, 5.41) is 5.14. The molecule has 1 aromatic rings. The minimum atomic E-state index is -0.273. The highest BCUT2D eigenvalue weighted by molar-refractivity contribution is 6.45. The molecule has 0 radical (unpaired) electrons. The van der Waals surface area contributed by atoms with Crippen LogP contribution in [0.4, 0.5) is 0 Å². The number of hydrazone groups is 1. The van der Waals surface area contributed by atoms with Gasteiger partial charge in [-0.25, -0.2) is 5.84 Å². The summed E-state index contributed by atoms with van der Waals surface area (Å²) in [7, 11) is 0. The zero-order valence-corrected chi connectivity index (χ0v) is 8.34. The number of rotatable bonds is 1. The Hall–Kier alpha value is -1.88. The molecule has 1 aliphatic rings. The van der Waals surface area contributed by atoms with Crippen LogP contribution in [0.2, 0.25) is 0 Å². The van der Waals surface area contributed by atoms with Gasteiger partial charge in [-0.15, -0.1) is 0 Å². The second kappa shape index (κ2) is 3.70. The quantitative estimate of drug-likeness (QED) is 0.501. The van der Waals surface area contributed by atoms with E-state index in [9.17, 15) is 4.79 Å². The third-order valence-electron chi connectivity index (χ3n) is 2.26. The number of hydrogen-bond donors (Lipinski definition) is 2. The highest BCUT2D eigenvalue weighted by Crippen LogP contribution is 2.07. The molecule has 1 aliphatic heterocycles. The van der Waals surface area contributed by atoms with Crippen molar-refractivity contribution in [3.63, 3.8) is 0 Å². The molecule has 0 bridgehead atoms. The first-order valence-corrected chi connectivity index (χ1v) is 4.67. The number of nitrogens with one attached hydrogen (secondary N) is 1. The van der Waals surface area contributed by atoms with Crippen molar-refractivity contribution in [2.24, 2.45) is 10.9 Å². The first-order valence-electron chi connectivity index (χ1n) is 4.67. The minimum Gasteiger partial charge on any atom is -0.286 e. The fourth-order valence-electron chi connectivity index (χ4n) is 1.35. The number of benzene rings is 1. The summed E-state index contributed by atoms with van der Waals surface area (Å²) in [6.07, 6.45) is -0.273. The van der Waals surface area contributed by atoms with Crippen molar-refractivity contribution in [1.82, 2.24) is 10.4 Å². The predicted molar refractivity (Wildman–Crippen MR) is 56.6 cm³/mol. The zero-order chi connectivity index (χ0) is 10.8. The van der Waals surface area contributed by atoms with Crippen LogP contribution < -0.4 is 11.3 Å². The number of carbonyl (C=O) groups is 1. The highest BCUT2D eigenvalue weighted by atomic mass is 16.2. The maximum Gasteiger partial charge on any atom is 0.290 e. The lowest BCUT2D eigenvalue weighted by molar-refractivity contribution is -0.127. The summed E-state index contributed by atoms with van der Waals surface area (Å²) in [4.78, 5) is 11.8. The molecular formula is C10H12N4O.